The molecule has 4 nitrogen and oxygen atoms in total. The van der Waals surface area contributed by atoms with Crippen LogP contribution in [0.5, 0.6) is 0 Å². The first kappa shape index (κ1) is 24.3. The van der Waals surface area contributed by atoms with Crippen molar-refractivity contribution < 1.29 is 0 Å². The highest BCUT2D eigenvalue weighted by Crippen LogP contribution is 2.44. The molecule has 0 aliphatic rings. The molecule has 0 saturated carbocycles. The minimum Gasteiger partial charge on any atom is -0.309 e. The monoisotopic (exact) mass is 574 g/mol. The number of fused-ring (bicyclic) bond motifs is 10. The largest absolute Gasteiger partial charge is 0.309 e. The van der Waals surface area contributed by atoms with Crippen molar-refractivity contribution in [1.29, 1.82) is 0 Å². The van der Waals surface area contributed by atoms with Crippen LogP contribution in [0.2, 0.25) is 0 Å². The highest BCUT2D eigenvalue weighted by atomic mass is 15.2. The summed E-state index contributed by atoms with van der Waals surface area (Å²) in [7, 11) is 0. The van der Waals surface area contributed by atoms with Gasteiger partial charge in [0.2, 0.25) is 5.95 Å². The van der Waals surface area contributed by atoms with Gasteiger partial charge in [0.05, 0.1) is 33.1 Å². The number of benzene rings is 7. The quantitative estimate of drug-likeness (QED) is 0.206. The fraction of sp³-hybridized carbons (Fsp3) is 0. The van der Waals surface area contributed by atoms with Crippen LogP contribution < -0.4 is 0 Å². The molecular formula is C41H26N4. The molecule has 10 aromatic rings. The van der Waals surface area contributed by atoms with Crippen molar-refractivity contribution in [2.75, 3.05) is 0 Å². The van der Waals surface area contributed by atoms with E-state index in [1.54, 1.807) is 0 Å². The van der Waals surface area contributed by atoms with Gasteiger partial charge in [0.1, 0.15) is 0 Å². The second kappa shape index (κ2) is 9.18. The highest BCUT2D eigenvalue weighted by Gasteiger charge is 2.24. The first-order valence-electron chi connectivity index (χ1n) is 15.3. The molecule has 0 spiro atoms. The van der Waals surface area contributed by atoms with E-state index in [0.29, 0.717) is 0 Å². The molecule has 45 heavy (non-hydrogen) atoms. The van der Waals surface area contributed by atoms with Crippen LogP contribution in [0.25, 0.3) is 82.7 Å². The van der Waals surface area contributed by atoms with Crippen molar-refractivity contribution in [2.24, 2.45) is 0 Å². The molecule has 0 saturated heterocycles. The molecule has 4 heteroatoms. The number of hydrogen-bond donors (Lipinski definition) is 0. The van der Waals surface area contributed by atoms with E-state index in [1.165, 1.54) is 43.4 Å². The van der Waals surface area contributed by atoms with E-state index in [9.17, 15) is 0 Å². The van der Waals surface area contributed by atoms with Crippen LogP contribution in [0.15, 0.2) is 158 Å². The molecule has 7 aromatic carbocycles. The lowest BCUT2D eigenvalue weighted by Crippen LogP contribution is -2.05. The lowest BCUT2D eigenvalue weighted by molar-refractivity contribution is 0.956. The summed E-state index contributed by atoms with van der Waals surface area (Å²) in [5.74, 6) is 0.879. The lowest BCUT2D eigenvalue weighted by atomic mass is 10.0. The first-order chi connectivity index (χ1) is 22.4. The molecule has 0 aliphatic heterocycles. The zero-order valence-electron chi connectivity index (χ0n) is 24.3. The third kappa shape index (κ3) is 3.34. The molecule has 0 bridgehead atoms. The number of rotatable bonds is 3. The van der Waals surface area contributed by atoms with Crippen molar-refractivity contribution in [2.45, 2.75) is 0 Å². The van der Waals surface area contributed by atoms with E-state index in [4.69, 9.17) is 4.98 Å². The van der Waals surface area contributed by atoms with Gasteiger partial charge in [-0.1, -0.05) is 97.1 Å². The summed E-state index contributed by atoms with van der Waals surface area (Å²) in [6.45, 7) is 0. The van der Waals surface area contributed by atoms with E-state index in [1.807, 2.05) is 0 Å². The third-order valence-electron chi connectivity index (χ3n) is 9.23. The van der Waals surface area contributed by atoms with Crippen LogP contribution >= 0.6 is 0 Å². The zero-order chi connectivity index (χ0) is 29.5. The molecule has 0 aliphatic carbocycles. The minimum absolute atomic E-state index is 0.879. The molecular weight excluding hydrogens is 548 g/mol. The molecule has 0 radical (unpaired) electrons. The van der Waals surface area contributed by atoms with Gasteiger partial charge in [-0.3, -0.25) is 9.13 Å². The van der Waals surface area contributed by atoms with Crippen LogP contribution in [0.3, 0.4) is 0 Å². The maximum Gasteiger partial charge on any atom is 0.220 e. The van der Waals surface area contributed by atoms with Crippen LogP contribution in [0, 0.1) is 0 Å². The minimum atomic E-state index is 0.879. The Labute approximate surface area is 258 Å². The SMILES string of the molecule is c1ccc(-n2c(-n3c4ccccc4c4c5c6c7ccccc7ccc6n(-c6ccccc6)c5ccc43)nc3ccccc32)cc1. The summed E-state index contributed by atoms with van der Waals surface area (Å²) < 4.78 is 7.06. The molecule has 0 amide bonds. The molecule has 0 fully saturated rings. The highest BCUT2D eigenvalue weighted by molar-refractivity contribution is 6.33. The summed E-state index contributed by atoms with van der Waals surface area (Å²) in [6.07, 6.45) is 0. The van der Waals surface area contributed by atoms with Crippen LogP contribution in [-0.4, -0.2) is 18.7 Å². The Balaban J connectivity index is 1.44. The average molecular weight is 575 g/mol. The Hall–Kier alpha value is -6.13. The summed E-state index contributed by atoms with van der Waals surface area (Å²) in [4.78, 5) is 5.30. The van der Waals surface area contributed by atoms with Gasteiger partial charge in [-0.15, -0.1) is 0 Å². The van der Waals surface area contributed by atoms with Gasteiger partial charge >= 0.3 is 0 Å². The van der Waals surface area contributed by atoms with E-state index in [0.717, 1.165) is 39.4 Å². The van der Waals surface area contributed by atoms with Crippen LogP contribution in [-0.2, 0) is 0 Å². The van der Waals surface area contributed by atoms with Gasteiger partial charge < -0.3 is 4.57 Å². The Morgan fingerprint density at radius 1 is 0.333 bits per heavy atom. The van der Waals surface area contributed by atoms with Gasteiger partial charge in [-0.25, -0.2) is 4.98 Å². The Kier molecular flexibility index (Phi) is 4.96. The smallest absolute Gasteiger partial charge is 0.220 e. The molecule has 3 aromatic heterocycles. The van der Waals surface area contributed by atoms with E-state index < -0.39 is 0 Å². The number of aromatic nitrogens is 4. The van der Waals surface area contributed by atoms with Crippen LogP contribution in [0.4, 0.5) is 0 Å². The Morgan fingerprint density at radius 3 is 1.64 bits per heavy atom. The molecule has 0 unspecified atom stereocenters. The first-order valence-corrected chi connectivity index (χ1v) is 15.3. The van der Waals surface area contributed by atoms with Gasteiger partial charge in [0, 0.05) is 32.9 Å². The number of hydrogen-bond acceptors (Lipinski definition) is 1. The maximum absolute atomic E-state index is 5.30. The van der Waals surface area contributed by atoms with Crippen LogP contribution in [0.1, 0.15) is 0 Å². The average Bonchev–Trinajstić information content (AvgIpc) is 3.76. The Morgan fingerprint density at radius 2 is 0.867 bits per heavy atom. The Bertz CT molecular complexity index is 2750. The molecule has 210 valence electrons. The standard InChI is InChI=1S/C41H26N4/c1-3-14-28(15-4-1)43-35-24-23-27-13-7-8-18-30(27)38(35)40-37(43)26-25-36-39(40)31-19-9-11-21-33(31)45(36)41-42-32-20-10-12-22-34(32)44(41)29-16-5-2-6-17-29/h1-26H. The third-order valence-corrected chi connectivity index (χ3v) is 9.23. The van der Waals surface area contributed by atoms with Crippen molar-refractivity contribution in [3.05, 3.63) is 158 Å². The van der Waals surface area contributed by atoms with Gasteiger partial charge in [0.25, 0.3) is 0 Å². The van der Waals surface area contributed by atoms with Crippen molar-refractivity contribution in [3.63, 3.8) is 0 Å². The molecule has 0 atom stereocenters. The topological polar surface area (TPSA) is 27.7 Å². The number of imidazole rings is 1. The predicted octanol–water partition coefficient (Wildman–Crippen LogP) is 10.4. The molecule has 0 N–H and O–H groups in total. The lowest BCUT2D eigenvalue weighted by Gasteiger charge is -2.12. The summed E-state index contributed by atoms with van der Waals surface area (Å²) in [6, 6.07) is 56.3. The second-order valence-electron chi connectivity index (χ2n) is 11.6. The van der Waals surface area contributed by atoms with Crippen molar-refractivity contribution in [3.8, 4) is 17.3 Å². The van der Waals surface area contributed by atoms with E-state index >= 15 is 0 Å². The van der Waals surface area contributed by atoms with Gasteiger partial charge in [-0.2, -0.15) is 0 Å². The molecule has 10 rings (SSSR count). The van der Waals surface area contributed by atoms with E-state index in [2.05, 4.69) is 171 Å². The number of nitrogens with zero attached hydrogens (tertiary/aromatic N) is 4. The summed E-state index contributed by atoms with van der Waals surface area (Å²) in [5, 5.41) is 7.49. The van der Waals surface area contributed by atoms with Gasteiger partial charge in [-0.05, 0) is 71.4 Å². The zero-order valence-corrected chi connectivity index (χ0v) is 24.3. The van der Waals surface area contributed by atoms with Gasteiger partial charge in [0.15, 0.2) is 0 Å². The van der Waals surface area contributed by atoms with Crippen molar-refractivity contribution >= 4 is 65.4 Å². The fourth-order valence-corrected chi connectivity index (χ4v) is 7.39. The fourth-order valence-electron chi connectivity index (χ4n) is 7.39. The number of para-hydroxylation sites is 5. The molecule has 3 heterocycles. The summed E-state index contributed by atoms with van der Waals surface area (Å²) >= 11 is 0. The predicted molar refractivity (Wildman–Crippen MR) is 187 cm³/mol. The normalized spacial score (nSPS) is 12.0. The van der Waals surface area contributed by atoms with E-state index in [-0.39, 0.29) is 0 Å². The second-order valence-corrected chi connectivity index (χ2v) is 11.6. The maximum atomic E-state index is 5.30. The summed E-state index contributed by atoms with van der Waals surface area (Å²) in [5.41, 5.74) is 8.95. The van der Waals surface area contributed by atoms with Crippen molar-refractivity contribution in [1.82, 2.24) is 18.7 Å².